The molecule has 128 valence electrons. The average molecular weight is 330 g/mol. The van der Waals surface area contributed by atoms with Crippen molar-refractivity contribution in [1.29, 1.82) is 0 Å². The molecule has 2 saturated heterocycles. The maximum Gasteiger partial charge on any atom is 0.252 e. The summed E-state index contributed by atoms with van der Waals surface area (Å²) in [4.78, 5) is 32.9. The number of ether oxygens (including phenoxy) is 1. The second kappa shape index (κ2) is 6.09. The molecule has 2 unspecified atom stereocenters. The van der Waals surface area contributed by atoms with Gasteiger partial charge in [0.25, 0.3) is 5.91 Å². The van der Waals surface area contributed by atoms with E-state index in [0.717, 1.165) is 30.6 Å². The van der Waals surface area contributed by atoms with Gasteiger partial charge in [-0.25, -0.2) is 5.06 Å². The molecule has 0 aromatic heterocycles. The summed E-state index contributed by atoms with van der Waals surface area (Å²) < 4.78 is 5.32. The number of hydrogen-bond acceptors (Lipinski definition) is 4. The number of rotatable bonds is 4. The number of hydroxylamine groups is 2. The van der Waals surface area contributed by atoms with Crippen LogP contribution < -0.4 is 4.74 Å². The summed E-state index contributed by atoms with van der Waals surface area (Å²) in [5, 5.41) is 1.45. The van der Waals surface area contributed by atoms with Crippen molar-refractivity contribution in [3.05, 3.63) is 29.8 Å². The summed E-state index contributed by atoms with van der Waals surface area (Å²) in [5.74, 6) is 0.356. The first kappa shape index (κ1) is 15.4. The number of methoxy groups -OCH3 is 1. The summed E-state index contributed by atoms with van der Waals surface area (Å²) in [6.07, 6.45) is 3.15. The zero-order valence-corrected chi connectivity index (χ0v) is 13.8. The van der Waals surface area contributed by atoms with Crippen molar-refractivity contribution < 1.29 is 19.2 Å². The Morgan fingerprint density at radius 3 is 2.83 bits per heavy atom. The molecular weight excluding hydrogens is 308 g/mol. The van der Waals surface area contributed by atoms with Crippen molar-refractivity contribution in [3.8, 4) is 5.75 Å². The van der Waals surface area contributed by atoms with E-state index in [2.05, 4.69) is 0 Å². The predicted octanol–water partition coefficient (Wildman–Crippen LogP) is 1.91. The number of hydrogen-bond donors (Lipinski definition) is 0. The zero-order chi connectivity index (χ0) is 16.7. The van der Waals surface area contributed by atoms with E-state index in [9.17, 15) is 9.59 Å². The number of likely N-dealkylation sites (tertiary alicyclic amines) is 1. The number of nitrogens with zero attached hydrogens (tertiary/aromatic N) is 2. The molecule has 0 radical (unpaired) electrons. The first-order valence-corrected chi connectivity index (χ1v) is 8.58. The predicted molar refractivity (Wildman–Crippen MR) is 86.0 cm³/mol. The van der Waals surface area contributed by atoms with Gasteiger partial charge in [0, 0.05) is 12.5 Å². The highest BCUT2D eigenvalue weighted by molar-refractivity contribution is 5.90. The van der Waals surface area contributed by atoms with E-state index in [1.54, 1.807) is 7.11 Å². The number of amides is 2. The molecule has 1 aliphatic carbocycles. The van der Waals surface area contributed by atoms with Crippen LogP contribution >= 0.6 is 0 Å². The normalized spacial score (nSPS) is 27.0. The monoisotopic (exact) mass is 330 g/mol. The van der Waals surface area contributed by atoms with Gasteiger partial charge in [0.2, 0.25) is 5.91 Å². The highest BCUT2D eigenvalue weighted by atomic mass is 16.7. The van der Waals surface area contributed by atoms with Gasteiger partial charge in [0.15, 0.2) is 0 Å². The molecular formula is C18H22N2O4. The highest BCUT2D eigenvalue weighted by Gasteiger charge is 2.51. The lowest BCUT2D eigenvalue weighted by molar-refractivity contribution is -0.174. The van der Waals surface area contributed by atoms with Gasteiger partial charge in [0.1, 0.15) is 5.75 Å². The third-order valence-electron chi connectivity index (χ3n) is 5.05. The molecule has 2 amide bonds. The third kappa shape index (κ3) is 2.65. The van der Waals surface area contributed by atoms with E-state index in [-0.39, 0.29) is 36.2 Å². The third-order valence-corrected chi connectivity index (χ3v) is 5.05. The molecule has 3 aliphatic rings. The van der Waals surface area contributed by atoms with Crippen LogP contribution in [0.1, 0.15) is 37.3 Å². The zero-order valence-electron chi connectivity index (χ0n) is 13.8. The minimum Gasteiger partial charge on any atom is -0.497 e. The summed E-state index contributed by atoms with van der Waals surface area (Å²) in [7, 11) is 1.62. The Morgan fingerprint density at radius 1 is 1.33 bits per heavy atom. The van der Waals surface area contributed by atoms with Gasteiger partial charge in [-0.15, -0.1) is 0 Å². The van der Waals surface area contributed by atoms with Crippen LogP contribution in [-0.4, -0.2) is 48.1 Å². The van der Waals surface area contributed by atoms with Crippen LogP contribution in [0.3, 0.4) is 0 Å². The lowest BCUT2D eigenvalue weighted by Gasteiger charge is -2.30. The molecule has 0 spiro atoms. The van der Waals surface area contributed by atoms with Crippen molar-refractivity contribution in [1.82, 2.24) is 9.96 Å². The topological polar surface area (TPSA) is 59.1 Å². The molecule has 2 heterocycles. The molecule has 1 aromatic rings. The van der Waals surface area contributed by atoms with Crippen molar-refractivity contribution in [2.45, 2.75) is 37.8 Å². The van der Waals surface area contributed by atoms with Crippen LogP contribution in [0.2, 0.25) is 0 Å². The molecule has 4 rings (SSSR count). The lowest BCUT2D eigenvalue weighted by Crippen LogP contribution is -2.37. The summed E-state index contributed by atoms with van der Waals surface area (Å²) >= 11 is 0. The van der Waals surface area contributed by atoms with Crippen LogP contribution in [0.5, 0.6) is 5.75 Å². The van der Waals surface area contributed by atoms with Gasteiger partial charge in [-0.2, -0.15) is 0 Å². The molecule has 2 aliphatic heterocycles. The van der Waals surface area contributed by atoms with Crippen molar-refractivity contribution in [3.63, 3.8) is 0 Å². The van der Waals surface area contributed by atoms with Crippen molar-refractivity contribution >= 4 is 11.8 Å². The molecule has 1 saturated carbocycles. The van der Waals surface area contributed by atoms with E-state index in [0.29, 0.717) is 13.2 Å². The molecule has 0 bridgehead atoms. The molecule has 3 fully saturated rings. The molecule has 0 N–H and O–H groups in total. The number of benzene rings is 1. The first-order valence-electron chi connectivity index (χ1n) is 8.58. The van der Waals surface area contributed by atoms with E-state index in [4.69, 9.17) is 9.57 Å². The number of carbonyl (C=O) groups excluding carboxylic acids is 2. The fraction of sp³-hybridized carbons (Fsp3) is 0.556. The second-order valence-corrected chi connectivity index (χ2v) is 6.69. The smallest absolute Gasteiger partial charge is 0.252 e. The summed E-state index contributed by atoms with van der Waals surface area (Å²) in [5.41, 5.74) is 0.963. The Kier molecular flexibility index (Phi) is 3.92. The van der Waals surface area contributed by atoms with E-state index in [1.165, 1.54) is 5.06 Å². The minimum absolute atomic E-state index is 0.0721. The van der Waals surface area contributed by atoms with Gasteiger partial charge in [-0.3, -0.25) is 14.4 Å². The Balaban J connectivity index is 1.68. The second-order valence-electron chi connectivity index (χ2n) is 6.69. The van der Waals surface area contributed by atoms with Gasteiger partial charge in [-0.1, -0.05) is 12.1 Å². The van der Waals surface area contributed by atoms with Crippen LogP contribution in [0.4, 0.5) is 0 Å². The maximum atomic E-state index is 12.9. The quantitative estimate of drug-likeness (QED) is 0.846. The Labute approximate surface area is 141 Å². The SMILES string of the molecule is COc1cccc(C2C(C(=O)N3CCCO3)CC(=O)N2C2CC2)c1. The largest absolute Gasteiger partial charge is 0.497 e. The Hall–Kier alpha value is -2.08. The highest BCUT2D eigenvalue weighted by Crippen LogP contribution is 2.46. The van der Waals surface area contributed by atoms with E-state index in [1.807, 2.05) is 29.2 Å². The molecule has 1 aromatic carbocycles. The van der Waals surface area contributed by atoms with Crippen LogP contribution in [0.25, 0.3) is 0 Å². The lowest BCUT2D eigenvalue weighted by atomic mass is 9.92. The Bertz CT molecular complexity index is 652. The minimum atomic E-state index is -0.386. The van der Waals surface area contributed by atoms with E-state index >= 15 is 0 Å². The summed E-state index contributed by atoms with van der Waals surface area (Å²) in [6.45, 7) is 1.18. The average Bonchev–Trinajstić information content (AvgIpc) is 3.16. The van der Waals surface area contributed by atoms with Gasteiger partial charge in [-0.05, 0) is 37.0 Å². The molecule has 24 heavy (non-hydrogen) atoms. The van der Waals surface area contributed by atoms with Crippen molar-refractivity contribution in [2.24, 2.45) is 5.92 Å². The van der Waals surface area contributed by atoms with Gasteiger partial charge in [0.05, 0.1) is 32.2 Å². The van der Waals surface area contributed by atoms with E-state index < -0.39 is 0 Å². The Morgan fingerprint density at radius 2 is 2.17 bits per heavy atom. The van der Waals surface area contributed by atoms with Crippen LogP contribution in [-0.2, 0) is 14.4 Å². The van der Waals surface area contributed by atoms with Gasteiger partial charge < -0.3 is 9.64 Å². The molecule has 6 heteroatoms. The van der Waals surface area contributed by atoms with Gasteiger partial charge >= 0.3 is 0 Å². The maximum absolute atomic E-state index is 12.9. The fourth-order valence-electron chi connectivity index (χ4n) is 3.78. The fourth-order valence-corrected chi connectivity index (χ4v) is 3.78. The molecule has 2 atom stereocenters. The number of carbonyl (C=O) groups is 2. The van der Waals surface area contributed by atoms with Crippen molar-refractivity contribution in [2.75, 3.05) is 20.3 Å². The van der Waals surface area contributed by atoms with Crippen LogP contribution in [0.15, 0.2) is 24.3 Å². The van der Waals surface area contributed by atoms with Crippen LogP contribution in [0, 0.1) is 5.92 Å². The first-order chi connectivity index (χ1) is 11.7. The summed E-state index contributed by atoms with van der Waals surface area (Å²) in [6, 6.07) is 7.75. The standard InChI is InChI=1S/C18H22N2O4/c1-23-14-5-2-4-12(10-14)17-15(18(22)19-8-3-9-24-19)11-16(21)20(17)13-6-7-13/h2,4-5,10,13,15,17H,3,6-9,11H2,1H3. The molecule has 6 nitrogen and oxygen atoms in total.